The van der Waals surface area contributed by atoms with Gasteiger partial charge in [0.15, 0.2) is 0 Å². The van der Waals surface area contributed by atoms with Gasteiger partial charge in [-0.3, -0.25) is 0 Å². The lowest BCUT2D eigenvalue weighted by Gasteiger charge is -2.06. The smallest absolute Gasteiger partial charge is 0.0494 e. The van der Waals surface area contributed by atoms with Gasteiger partial charge in [0.05, 0.1) is 0 Å². The van der Waals surface area contributed by atoms with Crippen molar-refractivity contribution in [2.45, 2.75) is 33.1 Å². The van der Waals surface area contributed by atoms with Gasteiger partial charge in [0, 0.05) is 23.2 Å². The maximum atomic E-state index is 9.09. The van der Waals surface area contributed by atoms with Gasteiger partial charge in [-0.2, -0.15) is 0 Å². The molecule has 0 saturated heterocycles. The minimum absolute atomic E-state index is 0.208. The van der Waals surface area contributed by atoms with Crippen LogP contribution >= 0.6 is 0 Å². The number of aliphatic hydroxyl groups is 1. The second-order valence-corrected chi connectivity index (χ2v) is 4.63. The molecule has 86 valence electrons. The van der Waals surface area contributed by atoms with Crippen molar-refractivity contribution >= 4 is 10.9 Å². The first kappa shape index (κ1) is 11.2. The fourth-order valence-corrected chi connectivity index (χ4v) is 2.34. The van der Waals surface area contributed by atoms with Gasteiger partial charge in [-0.05, 0) is 30.4 Å². The first-order valence-electron chi connectivity index (χ1n) is 5.86. The third-order valence-electron chi connectivity index (χ3n) is 3.17. The lowest BCUT2D eigenvalue weighted by molar-refractivity contribution is 0.300. The normalized spacial score (nSPS) is 11.6. The molecule has 0 aliphatic rings. The molecule has 1 aromatic carbocycles. The molecule has 2 aromatic rings. The Kier molecular flexibility index (Phi) is 3.01. The molecule has 16 heavy (non-hydrogen) atoms. The van der Waals surface area contributed by atoms with Crippen LogP contribution in [0.25, 0.3) is 10.9 Å². The van der Waals surface area contributed by atoms with Crippen LogP contribution in [0.5, 0.6) is 0 Å². The molecule has 0 unspecified atom stereocenters. The van der Waals surface area contributed by atoms with E-state index < -0.39 is 0 Å². The number of nitrogens with one attached hydrogen (secondary N) is 1. The highest BCUT2D eigenvalue weighted by Gasteiger charge is 2.12. The lowest BCUT2D eigenvalue weighted by atomic mass is 9.99. The van der Waals surface area contributed by atoms with E-state index in [1.807, 2.05) is 0 Å². The van der Waals surface area contributed by atoms with Crippen molar-refractivity contribution < 1.29 is 5.11 Å². The minimum atomic E-state index is 0.208. The Morgan fingerprint density at radius 2 is 2.06 bits per heavy atom. The second kappa shape index (κ2) is 4.30. The number of benzene rings is 1. The van der Waals surface area contributed by atoms with Crippen molar-refractivity contribution in [2.24, 2.45) is 0 Å². The fraction of sp³-hybridized carbons (Fsp3) is 0.429. The summed E-state index contributed by atoms with van der Waals surface area (Å²) in [4.78, 5) is 3.45. The van der Waals surface area contributed by atoms with Crippen LogP contribution in [0.3, 0.4) is 0 Å². The fourth-order valence-electron chi connectivity index (χ4n) is 2.34. The topological polar surface area (TPSA) is 36.0 Å². The second-order valence-electron chi connectivity index (χ2n) is 4.63. The predicted octanol–water partition coefficient (Wildman–Crippen LogP) is 3.13. The van der Waals surface area contributed by atoms with Gasteiger partial charge >= 0.3 is 0 Å². The summed E-state index contributed by atoms with van der Waals surface area (Å²) < 4.78 is 0. The first-order valence-corrected chi connectivity index (χ1v) is 5.86. The van der Waals surface area contributed by atoms with E-state index in [-0.39, 0.29) is 6.61 Å². The highest BCUT2D eigenvalue weighted by atomic mass is 16.2. The molecule has 0 radical (unpaired) electrons. The number of aliphatic hydroxyl groups excluding tert-OH is 1. The maximum absolute atomic E-state index is 9.09. The van der Waals surface area contributed by atoms with Crippen molar-refractivity contribution in [1.29, 1.82) is 0 Å². The molecule has 2 N–H and O–H groups in total. The lowest BCUT2D eigenvalue weighted by Crippen LogP contribution is -1.91. The van der Waals surface area contributed by atoms with Gasteiger partial charge in [0.25, 0.3) is 0 Å². The Morgan fingerprint density at radius 3 is 2.69 bits per heavy atom. The Bertz CT molecular complexity index is 497. The van der Waals surface area contributed by atoms with E-state index >= 15 is 0 Å². The van der Waals surface area contributed by atoms with Crippen molar-refractivity contribution in [3.63, 3.8) is 0 Å². The SMILES string of the molecule is Cc1[nH]c2c(C(C)C)cccc2c1CCO. The van der Waals surface area contributed by atoms with E-state index in [0.717, 1.165) is 6.42 Å². The van der Waals surface area contributed by atoms with Gasteiger partial charge < -0.3 is 10.1 Å². The molecule has 2 heteroatoms. The first-order chi connectivity index (χ1) is 7.65. The highest BCUT2D eigenvalue weighted by molar-refractivity contribution is 5.87. The van der Waals surface area contributed by atoms with E-state index in [1.54, 1.807) is 0 Å². The summed E-state index contributed by atoms with van der Waals surface area (Å²) >= 11 is 0. The number of aromatic nitrogens is 1. The number of fused-ring (bicyclic) bond motifs is 1. The Labute approximate surface area is 96.3 Å². The number of H-pyrrole nitrogens is 1. The summed E-state index contributed by atoms with van der Waals surface area (Å²) in [5.41, 5.74) is 5.01. The molecule has 2 nitrogen and oxygen atoms in total. The van der Waals surface area contributed by atoms with Crippen LogP contribution in [-0.2, 0) is 6.42 Å². The van der Waals surface area contributed by atoms with Gasteiger partial charge in [-0.15, -0.1) is 0 Å². The van der Waals surface area contributed by atoms with Crippen LogP contribution < -0.4 is 0 Å². The van der Waals surface area contributed by atoms with Crippen molar-refractivity contribution in [1.82, 2.24) is 4.98 Å². The van der Waals surface area contributed by atoms with Crippen LogP contribution in [0.4, 0.5) is 0 Å². The molecule has 0 fully saturated rings. The molecule has 0 bridgehead atoms. The summed E-state index contributed by atoms with van der Waals surface area (Å²) in [7, 11) is 0. The van der Waals surface area contributed by atoms with Gasteiger partial charge in [0.1, 0.15) is 0 Å². The zero-order valence-corrected chi connectivity index (χ0v) is 10.2. The van der Waals surface area contributed by atoms with Gasteiger partial charge in [-0.1, -0.05) is 32.0 Å². The summed E-state index contributed by atoms with van der Waals surface area (Å²) in [5, 5.41) is 10.3. The molecular formula is C14H19NO. The summed E-state index contributed by atoms with van der Waals surface area (Å²) in [6.07, 6.45) is 0.730. The zero-order valence-electron chi connectivity index (χ0n) is 10.2. The average molecular weight is 217 g/mol. The molecule has 0 spiro atoms. The van der Waals surface area contributed by atoms with Crippen LogP contribution in [0.1, 0.15) is 36.6 Å². The third-order valence-corrected chi connectivity index (χ3v) is 3.17. The van der Waals surface area contributed by atoms with E-state index in [9.17, 15) is 0 Å². The Balaban J connectivity index is 2.67. The highest BCUT2D eigenvalue weighted by Crippen LogP contribution is 2.29. The monoisotopic (exact) mass is 217 g/mol. The molecular weight excluding hydrogens is 198 g/mol. The number of hydrogen-bond donors (Lipinski definition) is 2. The van der Waals surface area contributed by atoms with E-state index in [1.165, 1.54) is 27.7 Å². The standard InChI is InChI=1S/C14H19NO/c1-9(2)11-5-4-6-13-12(7-8-16)10(3)15-14(11)13/h4-6,9,15-16H,7-8H2,1-3H3. The molecule has 1 aromatic heterocycles. The maximum Gasteiger partial charge on any atom is 0.0494 e. The minimum Gasteiger partial charge on any atom is -0.396 e. The molecule has 2 rings (SSSR count). The quantitative estimate of drug-likeness (QED) is 0.814. The number of rotatable bonds is 3. The molecule has 0 saturated carbocycles. The van der Waals surface area contributed by atoms with Crippen LogP contribution in [0.15, 0.2) is 18.2 Å². The molecule has 0 atom stereocenters. The molecule has 0 aliphatic carbocycles. The Morgan fingerprint density at radius 1 is 1.31 bits per heavy atom. The van der Waals surface area contributed by atoms with Gasteiger partial charge in [0.2, 0.25) is 0 Å². The molecule has 0 amide bonds. The number of aryl methyl sites for hydroxylation is 1. The van der Waals surface area contributed by atoms with Crippen molar-refractivity contribution in [3.05, 3.63) is 35.0 Å². The van der Waals surface area contributed by atoms with Crippen LogP contribution in [0, 0.1) is 6.92 Å². The van der Waals surface area contributed by atoms with E-state index in [4.69, 9.17) is 5.11 Å². The third kappa shape index (κ3) is 1.74. The van der Waals surface area contributed by atoms with Crippen LogP contribution in [0.2, 0.25) is 0 Å². The van der Waals surface area contributed by atoms with Crippen molar-refractivity contribution in [2.75, 3.05) is 6.61 Å². The number of hydrogen-bond acceptors (Lipinski definition) is 1. The summed E-state index contributed by atoms with van der Waals surface area (Å²) in [6, 6.07) is 6.41. The summed E-state index contributed by atoms with van der Waals surface area (Å²) in [6.45, 7) is 6.70. The largest absolute Gasteiger partial charge is 0.396 e. The Hall–Kier alpha value is -1.28. The molecule has 0 aliphatic heterocycles. The van der Waals surface area contributed by atoms with Gasteiger partial charge in [-0.25, -0.2) is 0 Å². The zero-order chi connectivity index (χ0) is 11.7. The van der Waals surface area contributed by atoms with Crippen LogP contribution in [-0.4, -0.2) is 16.7 Å². The summed E-state index contributed by atoms with van der Waals surface area (Å²) in [5.74, 6) is 0.517. The number of aromatic amines is 1. The van der Waals surface area contributed by atoms with Crippen molar-refractivity contribution in [3.8, 4) is 0 Å². The predicted molar refractivity (Wildman–Crippen MR) is 67.9 cm³/mol. The van der Waals surface area contributed by atoms with E-state index in [0.29, 0.717) is 5.92 Å². The number of para-hydroxylation sites is 1. The molecule has 1 heterocycles. The average Bonchev–Trinajstić information content (AvgIpc) is 2.56. The van der Waals surface area contributed by atoms with E-state index in [2.05, 4.69) is 44.0 Å².